The van der Waals surface area contributed by atoms with Crippen molar-refractivity contribution < 1.29 is 4.79 Å². The lowest BCUT2D eigenvalue weighted by atomic mass is 10.1. The van der Waals surface area contributed by atoms with Crippen LogP contribution in [0.2, 0.25) is 0 Å². The van der Waals surface area contributed by atoms with Gasteiger partial charge < -0.3 is 4.79 Å². The first-order chi connectivity index (χ1) is 4.73. The summed E-state index contributed by atoms with van der Waals surface area (Å²) in [6.45, 7) is 4.26. The second-order valence-electron chi connectivity index (χ2n) is 3.67. The lowest BCUT2D eigenvalue weighted by molar-refractivity contribution is -0.112. The summed E-state index contributed by atoms with van der Waals surface area (Å²) in [4.78, 5) is 10.5. The van der Waals surface area contributed by atoms with Crippen molar-refractivity contribution in [2.24, 2.45) is 11.3 Å². The first-order valence-electron chi connectivity index (χ1n) is 4.19. The van der Waals surface area contributed by atoms with E-state index in [1.54, 1.807) is 0 Å². The lowest BCUT2D eigenvalue weighted by Gasteiger charge is -1.98. The quantitative estimate of drug-likeness (QED) is 0.548. The van der Waals surface area contributed by atoms with Gasteiger partial charge in [0.1, 0.15) is 6.29 Å². The second-order valence-corrected chi connectivity index (χ2v) is 3.67. The molecule has 0 radical (unpaired) electrons. The highest BCUT2D eigenvalue weighted by Gasteiger charge is 2.48. The highest BCUT2D eigenvalue weighted by molar-refractivity contribution is 5.63. The van der Waals surface area contributed by atoms with Crippen LogP contribution in [0.4, 0.5) is 0 Å². The van der Waals surface area contributed by atoms with Crippen molar-refractivity contribution in [1.82, 2.24) is 0 Å². The van der Waals surface area contributed by atoms with Crippen LogP contribution in [0.5, 0.6) is 0 Å². The van der Waals surface area contributed by atoms with E-state index in [-0.39, 0.29) is 5.41 Å². The average molecular weight is 140 g/mol. The van der Waals surface area contributed by atoms with Gasteiger partial charge in [-0.3, -0.25) is 0 Å². The number of unbranched alkanes of at least 4 members (excludes halogenated alkanes) is 1. The van der Waals surface area contributed by atoms with Gasteiger partial charge in [0, 0.05) is 5.41 Å². The molecule has 2 atom stereocenters. The van der Waals surface area contributed by atoms with Crippen LogP contribution in [0.25, 0.3) is 0 Å². The molecule has 1 saturated carbocycles. The molecule has 1 fully saturated rings. The molecule has 10 heavy (non-hydrogen) atoms. The Labute approximate surface area is 62.8 Å². The van der Waals surface area contributed by atoms with Gasteiger partial charge >= 0.3 is 0 Å². The van der Waals surface area contributed by atoms with Crippen LogP contribution in [0.15, 0.2) is 0 Å². The van der Waals surface area contributed by atoms with Gasteiger partial charge in [0.05, 0.1) is 0 Å². The standard InChI is InChI=1S/C9H16O/c1-3-4-5-8-6-9(8,2)7-10/h7-8H,3-6H2,1-2H3/t8-,9+/m1/s1. The molecule has 58 valence electrons. The number of carbonyl (C=O) groups is 1. The van der Waals surface area contributed by atoms with Crippen LogP contribution in [0, 0.1) is 11.3 Å². The van der Waals surface area contributed by atoms with E-state index in [4.69, 9.17) is 0 Å². The minimum absolute atomic E-state index is 0.0785. The molecular formula is C9H16O. The number of aldehydes is 1. The molecule has 1 aliphatic rings. The molecular weight excluding hydrogens is 124 g/mol. The molecule has 1 rings (SSSR count). The molecule has 0 aromatic heterocycles. The number of carbonyl (C=O) groups excluding carboxylic acids is 1. The molecule has 1 aliphatic carbocycles. The summed E-state index contributed by atoms with van der Waals surface area (Å²) in [5.41, 5.74) is 0.0785. The zero-order valence-electron chi connectivity index (χ0n) is 6.89. The van der Waals surface area contributed by atoms with Gasteiger partial charge in [-0.25, -0.2) is 0 Å². The fourth-order valence-corrected chi connectivity index (χ4v) is 1.50. The molecule has 0 unspecified atom stereocenters. The van der Waals surface area contributed by atoms with Crippen LogP contribution >= 0.6 is 0 Å². The van der Waals surface area contributed by atoms with Crippen molar-refractivity contribution in [3.8, 4) is 0 Å². The van der Waals surface area contributed by atoms with E-state index in [2.05, 4.69) is 13.8 Å². The Morgan fingerprint density at radius 2 is 2.40 bits per heavy atom. The van der Waals surface area contributed by atoms with Crippen LogP contribution in [-0.2, 0) is 4.79 Å². The Morgan fingerprint density at radius 3 is 2.80 bits per heavy atom. The van der Waals surface area contributed by atoms with E-state index in [1.165, 1.54) is 19.3 Å². The predicted molar refractivity (Wildman–Crippen MR) is 41.8 cm³/mol. The summed E-state index contributed by atoms with van der Waals surface area (Å²) < 4.78 is 0. The van der Waals surface area contributed by atoms with Gasteiger partial charge in [0.25, 0.3) is 0 Å². The maximum Gasteiger partial charge on any atom is 0.126 e. The normalized spacial score (nSPS) is 37.6. The Hall–Kier alpha value is -0.330. The maximum absolute atomic E-state index is 10.5. The largest absolute Gasteiger partial charge is 0.303 e. The summed E-state index contributed by atoms with van der Waals surface area (Å²) >= 11 is 0. The van der Waals surface area contributed by atoms with E-state index < -0.39 is 0 Å². The summed E-state index contributed by atoms with van der Waals surface area (Å²) in [7, 11) is 0. The number of rotatable bonds is 4. The van der Waals surface area contributed by atoms with Crippen molar-refractivity contribution in [1.29, 1.82) is 0 Å². The molecule has 0 saturated heterocycles. The first-order valence-corrected chi connectivity index (χ1v) is 4.19. The fourth-order valence-electron chi connectivity index (χ4n) is 1.50. The molecule has 0 heterocycles. The van der Waals surface area contributed by atoms with Crippen molar-refractivity contribution in [3.05, 3.63) is 0 Å². The SMILES string of the molecule is CCCC[C@@H]1C[C@@]1(C)C=O. The Morgan fingerprint density at radius 1 is 1.70 bits per heavy atom. The molecule has 0 N–H and O–H groups in total. The highest BCUT2D eigenvalue weighted by atomic mass is 16.1. The van der Waals surface area contributed by atoms with Crippen molar-refractivity contribution >= 4 is 6.29 Å². The zero-order valence-corrected chi connectivity index (χ0v) is 6.89. The lowest BCUT2D eigenvalue weighted by Crippen LogP contribution is -1.98. The van der Waals surface area contributed by atoms with Crippen molar-refractivity contribution in [2.75, 3.05) is 0 Å². The third-order valence-corrected chi connectivity index (χ3v) is 2.63. The van der Waals surface area contributed by atoms with Gasteiger partial charge in [0.2, 0.25) is 0 Å². The summed E-state index contributed by atoms with van der Waals surface area (Å²) in [6, 6.07) is 0. The molecule has 0 amide bonds. The Kier molecular flexibility index (Phi) is 2.12. The minimum Gasteiger partial charge on any atom is -0.303 e. The topological polar surface area (TPSA) is 17.1 Å². The average Bonchev–Trinajstić information content (AvgIpc) is 2.59. The Balaban J connectivity index is 2.18. The highest BCUT2D eigenvalue weighted by Crippen LogP contribution is 2.52. The Bertz CT molecular complexity index is 131. The summed E-state index contributed by atoms with van der Waals surface area (Å²) in [5.74, 6) is 0.713. The predicted octanol–water partition coefficient (Wildman–Crippen LogP) is 2.40. The fraction of sp³-hybridized carbons (Fsp3) is 0.889. The smallest absolute Gasteiger partial charge is 0.126 e. The van der Waals surface area contributed by atoms with E-state index in [9.17, 15) is 4.79 Å². The molecule has 1 heteroatoms. The van der Waals surface area contributed by atoms with E-state index in [1.807, 2.05) is 0 Å². The monoisotopic (exact) mass is 140 g/mol. The van der Waals surface area contributed by atoms with E-state index in [0.717, 1.165) is 12.7 Å². The second kappa shape index (κ2) is 2.73. The third kappa shape index (κ3) is 1.39. The first kappa shape index (κ1) is 7.77. The summed E-state index contributed by atoms with van der Waals surface area (Å²) in [6.07, 6.45) is 6.06. The molecule has 0 spiro atoms. The number of hydrogen-bond donors (Lipinski definition) is 0. The van der Waals surface area contributed by atoms with Crippen LogP contribution in [-0.4, -0.2) is 6.29 Å². The minimum atomic E-state index is 0.0785. The molecule has 0 aromatic rings. The van der Waals surface area contributed by atoms with Crippen molar-refractivity contribution in [3.63, 3.8) is 0 Å². The molecule has 0 aliphatic heterocycles. The van der Waals surface area contributed by atoms with E-state index in [0.29, 0.717) is 5.92 Å². The van der Waals surface area contributed by atoms with E-state index >= 15 is 0 Å². The van der Waals surface area contributed by atoms with Gasteiger partial charge in [0.15, 0.2) is 0 Å². The van der Waals surface area contributed by atoms with Gasteiger partial charge in [-0.1, -0.05) is 26.7 Å². The number of hydrogen-bond acceptors (Lipinski definition) is 1. The zero-order chi connectivity index (χ0) is 7.61. The maximum atomic E-state index is 10.5. The summed E-state index contributed by atoms with van der Waals surface area (Å²) in [5, 5.41) is 0. The van der Waals surface area contributed by atoms with Crippen molar-refractivity contribution in [2.45, 2.75) is 39.5 Å². The van der Waals surface area contributed by atoms with Gasteiger partial charge in [-0.15, -0.1) is 0 Å². The third-order valence-electron chi connectivity index (χ3n) is 2.63. The van der Waals surface area contributed by atoms with Gasteiger partial charge in [-0.05, 0) is 18.8 Å². The van der Waals surface area contributed by atoms with Crippen LogP contribution in [0.3, 0.4) is 0 Å². The van der Waals surface area contributed by atoms with Crippen LogP contribution < -0.4 is 0 Å². The van der Waals surface area contributed by atoms with Crippen LogP contribution in [0.1, 0.15) is 39.5 Å². The molecule has 0 aromatic carbocycles. The molecule has 0 bridgehead atoms. The molecule has 1 nitrogen and oxygen atoms in total. The van der Waals surface area contributed by atoms with Gasteiger partial charge in [-0.2, -0.15) is 0 Å².